The summed E-state index contributed by atoms with van der Waals surface area (Å²) < 4.78 is 17.8. The lowest BCUT2D eigenvalue weighted by Gasteiger charge is -2.10. The molecule has 0 aliphatic heterocycles. The van der Waals surface area contributed by atoms with Gasteiger partial charge in [0.2, 0.25) is 0 Å². The smallest absolute Gasteiger partial charge is 0.159 e. The van der Waals surface area contributed by atoms with Crippen LogP contribution in [-0.4, -0.2) is 29.5 Å². The van der Waals surface area contributed by atoms with Gasteiger partial charge < -0.3 is 5.32 Å². The van der Waals surface area contributed by atoms with E-state index in [-0.39, 0.29) is 5.82 Å². The van der Waals surface area contributed by atoms with Crippen LogP contribution in [0.25, 0.3) is 17.1 Å². The molecule has 0 aliphatic rings. The van der Waals surface area contributed by atoms with Gasteiger partial charge in [-0.15, -0.1) is 0 Å². The van der Waals surface area contributed by atoms with Gasteiger partial charge in [-0.3, -0.25) is 4.68 Å². The number of anilines is 2. The quantitative estimate of drug-likeness (QED) is 0.450. The van der Waals surface area contributed by atoms with Crippen molar-refractivity contribution in [3.63, 3.8) is 0 Å². The molecular formula is C21H21BrFN7. The topological polar surface area (TPSA) is 73.5 Å². The number of hydrogen-bond acceptors (Lipinski definition) is 5. The van der Waals surface area contributed by atoms with E-state index in [1.54, 1.807) is 21.5 Å². The van der Waals surface area contributed by atoms with Gasteiger partial charge in [-0.05, 0) is 60.5 Å². The third-order valence-electron chi connectivity index (χ3n) is 4.94. The van der Waals surface area contributed by atoms with E-state index in [2.05, 4.69) is 48.3 Å². The first-order chi connectivity index (χ1) is 14.4. The van der Waals surface area contributed by atoms with Gasteiger partial charge in [0, 0.05) is 24.2 Å². The third kappa shape index (κ3) is 3.60. The van der Waals surface area contributed by atoms with E-state index < -0.39 is 0 Å². The number of aromatic nitrogens is 6. The zero-order chi connectivity index (χ0) is 21.4. The summed E-state index contributed by atoms with van der Waals surface area (Å²) in [5, 5.41) is 12.6. The molecule has 0 fully saturated rings. The summed E-state index contributed by atoms with van der Waals surface area (Å²) in [6, 6.07) is 8.21. The molecule has 0 spiro atoms. The van der Waals surface area contributed by atoms with Gasteiger partial charge in [0.25, 0.3) is 0 Å². The molecule has 30 heavy (non-hydrogen) atoms. The summed E-state index contributed by atoms with van der Waals surface area (Å²) in [4.78, 5) is 8.73. The standard InChI is InChI=1S/C21H21BrFN7/c1-5-16-20(14-6-8-15(23)9-7-14)28-29(4)21(16)26-17-10-18(25-11-24-17)30-13(3)19(22)12(2)27-30/h6-11H,5H2,1-4H3,(H,24,25,26). The minimum atomic E-state index is -0.268. The number of nitrogens with zero attached hydrogens (tertiary/aromatic N) is 6. The second-order valence-corrected chi connectivity index (χ2v) is 7.74. The van der Waals surface area contributed by atoms with E-state index in [1.807, 2.05) is 27.0 Å². The second-order valence-electron chi connectivity index (χ2n) is 6.94. The van der Waals surface area contributed by atoms with Crippen molar-refractivity contribution in [2.45, 2.75) is 27.2 Å². The minimum absolute atomic E-state index is 0.268. The van der Waals surface area contributed by atoms with Crippen LogP contribution in [0.3, 0.4) is 0 Å². The number of nitrogens with one attached hydrogen (secondary N) is 1. The first-order valence-electron chi connectivity index (χ1n) is 9.52. The van der Waals surface area contributed by atoms with Gasteiger partial charge in [0.05, 0.1) is 21.6 Å². The average molecular weight is 470 g/mol. The van der Waals surface area contributed by atoms with Crippen molar-refractivity contribution in [2.75, 3.05) is 5.32 Å². The van der Waals surface area contributed by atoms with Gasteiger partial charge >= 0.3 is 0 Å². The summed E-state index contributed by atoms with van der Waals surface area (Å²) >= 11 is 3.55. The normalized spacial score (nSPS) is 11.1. The lowest BCUT2D eigenvalue weighted by molar-refractivity contribution is 0.628. The van der Waals surface area contributed by atoms with Crippen LogP contribution in [0.1, 0.15) is 23.9 Å². The maximum absolute atomic E-state index is 13.3. The Kier molecular flexibility index (Phi) is 5.38. The molecule has 7 nitrogen and oxygen atoms in total. The van der Waals surface area contributed by atoms with E-state index in [0.717, 1.165) is 44.9 Å². The Balaban J connectivity index is 1.71. The predicted molar refractivity (Wildman–Crippen MR) is 118 cm³/mol. The van der Waals surface area contributed by atoms with Crippen LogP contribution in [0.5, 0.6) is 0 Å². The van der Waals surface area contributed by atoms with Gasteiger partial charge in [0.15, 0.2) is 5.82 Å². The Morgan fingerprint density at radius 3 is 2.47 bits per heavy atom. The van der Waals surface area contributed by atoms with Crippen molar-refractivity contribution < 1.29 is 4.39 Å². The molecule has 0 atom stereocenters. The maximum atomic E-state index is 13.3. The monoisotopic (exact) mass is 469 g/mol. The first-order valence-corrected chi connectivity index (χ1v) is 10.3. The number of rotatable bonds is 5. The molecular weight excluding hydrogens is 449 g/mol. The molecule has 3 aromatic heterocycles. The van der Waals surface area contributed by atoms with Crippen LogP contribution in [0.15, 0.2) is 41.1 Å². The van der Waals surface area contributed by atoms with Crippen molar-refractivity contribution in [2.24, 2.45) is 7.05 Å². The Morgan fingerprint density at radius 1 is 1.10 bits per heavy atom. The Labute approximate surface area is 182 Å². The van der Waals surface area contributed by atoms with E-state index in [1.165, 1.54) is 18.5 Å². The van der Waals surface area contributed by atoms with Crippen molar-refractivity contribution in [1.29, 1.82) is 0 Å². The van der Waals surface area contributed by atoms with Gasteiger partial charge in [0.1, 0.15) is 23.8 Å². The fourth-order valence-corrected chi connectivity index (χ4v) is 3.65. The molecule has 0 bridgehead atoms. The molecule has 3 heterocycles. The Bertz CT molecular complexity index is 1210. The number of halogens is 2. The molecule has 0 radical (unpaired) electrons. The molecule has 1 N–H and O–H groups in total. The van der Waals surface area contributed by atoms with Gasteiger partial charge in [-0.2, -0.15) is 10.2 Å². The highest BCUT2D eigenvalue weighted by Crippen LogP contribution is 2.31. The largest absolute Gasteiger partial charge is 0.325 e. The van der Waals surface area contributed by atoms with Gasteiger partial charge in [-0.1, -0.05) is 6.92 Å². The molecule has 0 aliphatic carbocycles. The number of aryl methyl sites for hydroxylation is 2. The van der Waals surface area contributed by atoms with Crippen LogP contribution in [-0.2, 0) is 13.5 Å². The highest BCUT2D eigenvalue weighted by Gasteiger charge is 2.18. The average Bonchev–Trinajstić information content (AvgIpc) is 3.19. The summed E-state index contributed by atoms with van der Waals surface area (Å²) in [6.45, 7) is 5.98. The molecule has 1 aromatic carbocycles. The summed E-state index contributed by atoms with van der Waals surface area (Å²) in [7, 11) is 1.87. The Morgan fingerprint density at radius 2 is 1.83 bits per heavy atom. The fraction of sp³-hybridized carbons (Fsp3) is 0.238. The molecule has 4 rings (SSSR count). The third-order valence-corrected chi connectivity index (χ3v) is 6.08. The van der Waals surface area contributed by atoms with E-state index >= 15 is 0 Å². The number of benzene rings is 1. The van der Waals surface area contributed by atoms with Crippen molar-refractivity contribution >= 4 is 27.6 Å². The van der Waals surface area contributed by atoms with Gasteiger partial charge in [-0.25, -0.2) is 19.0 Å². The SMILES string of the molecule is CCc1c(-c2ccc(F)cc2)nn(C)c1Nc1cc(-n2nc(C)c(Br)c2C)ncn1. The van der Waals surface area contributed by atoms with E-state index in [0.29, 0.717) is 11.6 Å². The van der Waals surface area contributed by atoms with Crippen molar-refractivity contribution in [3.05, 3.63) is 63.9 Å². The van der Waals surface area contributed by atoms with Crippen LogP contribution >= 0.6 is 15.9 Å². The summed E-state index contributed by atoms with van der Waals surface area (Å²) in [6.07, 6.45) is 2.26. The second kappa shape index (κ2) is 7.98. The molecule has 0 unspecified atom stereocenters. The van der Waals surface area contributed by atoms with Crippen LogP contribution in [0.2, 0.25) is 0 Å². The Hall–Kier alpha value is -3.07. The zero-order valence-corrected chi connectivity index (χ0v) is 18.7. The highest BCUT2D eigenvalue weighted by molar-refractivity contribution is 9.10. The van der Waals surface area contributed by atoms with Crippen LogP contribution < -0.4 is 5.32 Å². The van der Waals surface area contributed by atoms with E-state index in [4.69, 9.17) is 0 Å². The molecule has 9 heteroatoms. The van der Waals surface area contributed by atoms with Crippen LogP contribution in [0, 0.1) is 19.7 Å². The lowest BCUT2D eigenvalue weighted by atomic mass is 10.1. The maximum Gasteiger partial charge on any atom is 0.159 e. The zero-order valence-electron chi connectivity index (χ0n) is 17.1. The predicted octanol–water partition coefficient (Wildman–Crippen LogP) is 4.89. The van der Waals surface area contributed by atoms with Crippen molar-refractivity contribution in [1.82, 2.24) is 29.5 Å². The molecule has 4 aromatic rings. The molecule has 0 saturated carbocycles. The minimum Gasteiger partial charge on any atom is -0.325 e. The molecule has 0 saturated heterocycles. The fourth-order valence-electron chi connectivity index (χ4n) is 3.40. The first kappa shape index (κ1) is 20.2. The molecule has 0 amide bonds. The summed E-state index contributed by atoms with van der Waals surface area (Å²) in [5.41, 5.74) is 4.57. The molecule has 154 valence electrons. The van der Waals surface area contributed by atoms with Crippen molar-refractivity contribution in [3.8, 4) is 17.1 Å². The highest BCUT2D eigenvalue weighted by atomic mass is 79.9. The van der Waals surface area contributed by atoms with E-state index in [9.17, 15) is 4.39 Å². The number of hydrogen-bond donors (Lipinski definition) is 1. The summed E-state index contributed by atoms with van der Waals surface area (Å²) in [5.74, 6) is 1.86. The lowest BCUT2D eigenvalue weighted by Crippen LogP contribution is -2.06. The van der Waals surface area contributed by atoms with Crippen LogP contribution in [0.4, 0.5) is 16.0 Å².